The van der Waals surface area contributed by atoms with Crippen molar-refractivity contribution in [2.24, 2.45) is 0 Å². The maximum atomic E-state index is 13.5. The zero-order valence-corrected chi connectivity index (χ0v) is 27.5. The third-order valence-electron chi connectivity index (χ3n) is 6.80. The highest BCUT2D eigenvalue weighted by atomic mass is 35.5. The van der Waals surface area contributed by atoms with Crippen molar-refractivity contribution < 1.29 is 28.6 Å². The third-order valence-corrected chi connectivity index (χ3v) is 8.32. The molecule has 3 N–H and O–H groups in total. The van der Waals surface area contributed by atoms with Crippen molar-refractivity contribution in [2.45, 2.75) is 24.0 Å². The lowest BCUT2D eigenvalue weighted by atomic mass is 10.1. The van der Waals surface area contributed by atoms with Crippen LogP contribution in [0.1, 0.15) is 28.4 Å². The van der Waals surface area contributed by atoms with E-state index in [0.717, 1.165) is 10.5 Å². The highest BCUT2D eigenvalue weighted by Gasteiger charge is 2.19. The van der Waals surface area contributed by atoms with Crippen LogP contribution >= 0.6 is 23.4 Å². The van der Waals surface area contributed by atoms with Gasteiger partial charge in [-0.2, -0.15) is 0 Å². The number of amides is 3. The van der Waals surface area contributed by atoms with Gasteiger partial charge in [-0.15, -0.1) is 11.8 Å². The smallest absolute Gasteiger partial charge is 0.272 e. The van der Waals surface area contributed by atoms with Gasteiger partial charge in [-0.3, -0.25) is 14.4 Å². The van der Waals surface area contributed by atoms with Crippen molar-refractivity contribution in [3.63, 3.8) is 0 Å². The van der Waals surface area contributed by atoms with E-state index in [4.69, 9.17) is 25.8 Å². The number of hydrogen-bond donors (Lipinski definition) is 3. The second-order valence-electron chi connectivity index (χ2n) is 10.0. The molecule has 0 aliphatic carbocycles. The number of ether oxygens (including phenoxy) is 3. The highest BCUT2D eigenvalue weighted by Crippen LogP contribution is 2.32. The van der Waals surface area contributed by atoms with Gasteiger partial charge in [0.1, 0.15) is 22.9 Å². The molecular formula is C35H34ClN3O6S. The molecule has 0 aliphatic rings. The Bertz CT molecular complexity index is 1750. The van der Waals surface area contributed by atoms with E-state index >= 15 is 0 Å². The molecule has 11 heteroatoms. The van der Waals surface area contributed by atoms with Gasteiger partial charge in [-0.25, -0.2) is 0 Å². The molecule has 1 unspecified atom stereocenters. The van der Waals surface area contributed by atoms with E-state index in [2.05, 4.69) is 16.0 Å². The zero-order valence-electron chi connectivity index (χ0n) is 26.0. The Kier molecular flexibility index (Phi) is 11.7. The number of carbonyl (C=O) groups excluding carboxylic acids is 3. The van der Waals surface area contributed by atoms with Gasteiger partial charge in [0.15, 0.2) is 0 Å². The van der Waals surface area contributed by atoms with Crippen LogP contribution in [-0.4, -0.2) is 44.3 Å². The lowest BCUT2D eigenvalue weighted by Crippen LogP contribution is -2.30. The summed E-state index contributed by atoms with van der Waals surface area (Å²) in [7, 11) is 4.57. The van der Waals surface area contributed by atoms with Crippen molar-refractivity contribution in [3.8, 4) is 17.2 Å². The molecule has 0 heterocycles. The molecule has 9 nitrogen and oxygen atoms in total. The predicted molar refractivity (Wildman–Crippen MR) is 183 cm³/mol. The average molecular weight is 660 g/mol. The monoisotopic (exact) mass is 659 g/mol. The van der Waals surface area contributed by atoms with Crippen LogP contribution in [0.25, 0.3) is 6.08 Å². The number of rotatable bonds is 12. The second kappa shape index (κ2) is 15.9. The number of aryl methyl sites for hydroxylation is 1. The molecule has 0 aromatic heterocycles. The first-order chi connectivity index (χ1) is 22.1. The van der Waals surface area contributed by atoms with E-state index in [0.29, 0.717) is 44.8 Å². The first-order valence-corrected chi connectivity index (χ1v) is 15.4. The number of anilines is 2. The summed E-state index contributed by atoms with van der Waals surface area (Å²) in [4.78, 5) is 40.3. The quantitative estimate of drug-likeness (QED) is 0.109. The number of thioether (sulfide) groups is 1. The summed E-state index contributed by atoms with van der Waals surface area (Å²) in [6, 6.07) is 24.2. The van der Waals surface area contributed by atoms with Gasteiger partial charge in [0, 0.05) is 38.9 Å². The molecule has 238 valence electrons. The molecule has 0 aliphatic heterocycles. The number of carbonyl (C=O) groups is 3. The molecule has 4 aromatic rings. The van der Waals surface area contributed by atoms with E-state index in [1.165, 1.54) is 32.1 Å². The van der Waals surface area contributed by atoms with Crippen LogP contribution < -0.4 is 30.2 Å². The first-order valence-electron chi connectivity index (χ1n) is 14.1. The highest BCUT2D eigenvalue weighted by molar-refractivity contribution is 8.00. The van der Waals surface area contributed by atoms with Crippen LogP contribution in [-0.2, 0) is 9.59 Å². The maximum Gasteiger partial charge on any atom is 0.272 e. The van der Waals surface area contributed by atoms with Gasteiger partial charge < -0.3 is 30.2 Å². The summed E-state index contributed by atoms with van der Waals surface area (Å²) in [6.45, 7) is 3.65. The van der Waals surface area contributed by atoms with Crippen molar-refractivity contribution in [1.29, 1.82) is 0 Å². The van der Waals surface area contributed by atoms with E-state index in [1.54, 1.807) is 99.0 Å². The number of methoxy groups -OCH3 is 3. The molecule has 0 radical (unpaired) electrons. The van der Waals surface area contributed by atoms with Crippen LogP contribution in [0.15, 0.2) is 95.5 Å². The molecule has 0 fully saturated rings. The number of hydrogen-bond acceptors (Lipinski definition) is 7. The Labute approximate surface area is 277 Å². The summed E-state index contributed by atoms with van der Waals surface area (Å²) >= 11 is 7.54. The molecule has 1 atom stereocenters. The first kappa shape index (κ1) is 34.0. The normalized spacial score (nSPS) is 11.7. The summed E-state index contributed by atoms with van der Waals surface area (Å²) in [5.41, 5.74) is 2.81. The fraction of sp³-hybridized carbons (Fsp3) is 0.171. The Morgan fingerprint density at radius 1 is 0.826 bits per heavy atom. The zero-order chi connectivity index (χ0) is 33.2. The molecule has 0 saturated carbocycles. The Morgan fingerprint density at radius 3 is 2.17 bits per heavy atom. The topological polar surface area (TPSA) is 115 Å². The molecule has 3 amide bonds. The standard InChI is InChI=1S/C35H34ClN3O6S/c1-21-17-29(32(45-5)20-28(21)36)38-33(40)22(2)46-27-15-12-25(13-16-27)37-35(42)30(39-34(41)23-9-7-6-8-10-23)18-24-11-14-26(43-3)19-31(24)44-4/h6-20,22H,1-5H3,(H,37,42)(H,38,40)(H,39,41)/b30-18-. The molecule has 0 bridgehead atoms. The summed E-state index contributed by atoms with van der Waals surface area (Å²) in [5.74, 6) is 0.323. The van der Waals surface area contributed by atoms with Gasteiger partial charge >= 0.3 is 0 Å². The molecule has 0 saturated heterocycles. The fourth-order valence-electron chi connectivity index (χ4n) is 4.27. The minimum atomic E-state index is -0.539. The second-order valence-corrected chi connectivity index (χ2v) is 11.8. The Balaban J connectivity index is 1.48. The van der Waals surface area contributed by atoms with E-state index in [9.17, 15) is 14.4 Å². The minimum absolute atomic E-state index is 0.00827. The molecule has 0 spiro atoms. The van der Waals surface area contributed by atoms with E-state index in [-0.39, 0.29) is 11.6 Å². The molecule has 4 rings (SSSR count). The van der Waals surface area contributed by atoms with Crippen molar-refractivity contribution in [3.05, 3.63) is 112 Å². The average Bonchev–Trinajstić information content (AvgIpc) is 3.07. The van der Waals surface area contributed by atoms with Crippen LogP contribution in [0, 0.1) is 6.92 Å². The predicted octanol–water partition coefficient (Wildman–Crippen LogP) is 7.20. The summed E-state index contributed by atoms with van der Waals surface area (Å²) in [5, 5.41) is 8.57. The molecular weight excluding hydrogens is 626 g/mol. The minimum Gasteiger partial charge on any atom is -0.497 e. The lowest BCUT2D eigenvalue weighted by Gasteiger charge is -2.16. The van der Waals surface area contributed by atoms with Gasteiger partial charge in [-0.05, 0) is 80.1 Å². The van der Waals surface area contributed by atoms with Gasteiger partial charge in [0.05, 0.1) is 32.3 Å². The van der Waals surface area contributed by atoms with Crippen LogP contribution in [0.4, 0.5) is 11.4 Å². The maximum absolute atomic E-state index is 13.5. The van der Waals surface area contributed by atoms with Gasteiger partial charge in [-0.1, -0.05) is 29.8 Å². The fourth-order valence-corrected chi connectivity index (χ4v) is 5.29. The Morgan fingerprint density at radius 2 is 1.52 bits per heavy atom. The Hall–Kier alpha value is -4.93. The van der Waals surface area contributed by atoms with Crippen molar-refractivity contribution in [2.75, 3.05) is 32.0 Å². The van der Waals surface area contributed by atoms with Gasteiger partial charge in [0.2, 0.25) is 5.91 Å². The van der Waals surface area contributed by atoms with Crippen LogP contribution in [0.2, 0.25) is 5.02 Å². The molecule has 4 aromatic carbocycles. The lowest BCUT2D eigenvalue weighted by molar-refractivity contribution is -0.115. The van der Waals surface area contributed by atoms with Crippen molar-refractivity contribution >= 4 is 58.5 Å². The number of nitrogens with one attached hydrogen (secondary N) is 3. The van der Waals surface area contributed by atoms with Crippen LogP contribution in [0.3, 0.4) is 0 Å². The number of benzene rings is 4. The van der Waals surface area contributed by atoms with Crippen molar-refractivity contribution in [1.82, 2.24) is 5.32 Å². The van der Waals surface area contributed by atoms with Crippen LogP contribution in [0.5, 0.6) is 17.2 Å². The van der Waals surface area contributed by atoms with E-state index in [1.807, 2.05) is 6.92 Å². The SMILES string of the molecule is COc1ccc(/C=C(\NC(=O)c2ccccc2)C(=O)Nc2ccc(SC(C)C(=O)Nc3cc(C)c(Cl)cc3OC)cc2)c(OC)c1. The number of halogens is 1. The molecule has 46 heavy (non-hydrogen) atoms. The van der Waals surface area contributed by atoms with Gasteiger partial charge in [0.25, 0.3) is 11.8 Å². The van der Waals surface area contributed by atoms with E-state index < -0.39 is 17.1 Å². The summed E-state index contributed by atoms with van der Waals surface area (Å²) in [6.07, 6.45) is 1.54. The summed E-state index contributed by atoms with van der Waals surface area (Å²) < 4.78 is 16.1. The third kappa shape index (κ3) is 8.83. The largest absolute Gasteiger partial charge is 0.497 e.